The first-order valence-electron chi connectivity index (χ1n) is 6.24. The summed E-state index contributed by atoms with van der Waals surface area (Å²) in [6, 6.07) is 3.61. The van der Waals surface area contributed by atoms with E-state index in [1.165, 1.54) is 4.90 Å². The first-order chi connectivity index (χ1) is 9.13. The van der Waals surface area contributed by atoms with Crippen LogP contribution in [0.15, 0.2) is 22.8 Å². The van der Waals surface area contributed by atoms with Crippen LogP contribution in [0, 0.1) is 0 Å². The van der Waals surface area contributed by atoms with Crippen LogP contribution < -0.4 is 5.73 Å². The third kappa shape index (κ3) is 2.78. The maximum absolute atomic E-state index is 12.2. The zero-order chi connectivity index (χ0) is 13.8. The van der Waals surface area contributed by atoms with Crippen LogP contribution in [0.5, 0.6) is 0 Å². The molecule has 102 valence electrons. The summed E-state index contributed by atoms with van der Waals surface area (Å²) < 4.78 is 5.21. The number of carbonyl (C=O) groups excluding carboxylic acids is 1. The molecule has 0 aliphatic heterocycles. The van der Waals surface area contributed by atoms with Crippen LogP contribution in [0.25, 0.3) is 0 Å². The molecule has 2 heterocycles. The largest absolute Gasteiger partial charge is 0.467 e. The molecule has 6 nitrogen and oxygen atoms in total. The monoisotopic (exact) mass is 262 g/mol. The molecule has 0 aliphatic carbocycles. The first kappa shape index (κ1) is 13.2. The zero-order valence-corrected chi connectivity index (χ0v) is 11.1. The highest BCUT2D eigenvalue weighted by molar-refractivity contribution is 5.97. The fraction of sp³-hybridized carbons (Fsp3) is 0.385. The molecule has 6 heteroatoms. The Hall–Kier alpha value is -2.24. The number of nitrogens with one attached hydrogen (secondary N) is 1. The topological polar surface area (TPSA) is 88.2 Å². The molecule has 0 saturated carbocycles. The predicted molar refractivity (Wildman–Crippen MR) is 71.5 cm³/mol. The third-order valence-corrected chi connectivity index (χ3v) is 2.91. The van der Waals surface area contributed by atoms with E-state index in [0.717, 1.165) is 24.3 Å². The van der Waals surface area contributed by atoms with Gasteiger partial charge in [0.05, 0.1) is 24.2 Å². The van der Waals surface area contributed by atoms with Gasteiger partial charge in [0.15, 0.2) is 5.69 Å². The van der Waals surface area contributed by atoms with E-state index < -0.39 is 0 Å². The normalized spacial score (nSPS) is 10.6. The minimum absolute atomic E-state index is 0.215. The van der Waals surface area contributed by atoms with Gasteiger partial charge in [0, 0.05) is 7.05 Å². The number of aromatic amines is 1. The van der Waals surface area contributed by atoms with Crippen LogP contribution in [0.1, 0.15) is 35.3 Å². The van der Waals surface area contributed by atoms with Crippen LogP contribution >= 0.6 is 0 Å². The molecule has 0 aliphatic rings. The van der Waals surface area contributed by atoms with Gasteiger partial charge >= 0.3 is 0 Å². The molecular formula is C13H18N4O2. The van der Waals surface area contributed by atoms with Gasteiger partial charge in [-0.25, -0.2) is 0 Å². The number of carbonyl (C=O) groups is 1. The molecule has 0 unspecified atom stereocenters. The number of rotatable bonds is 5. The van der Waals surface area contributed by atoms with Gasteiger partial charge in [0.1, 0.15) is 5.76 Å². The number of amides is 1. The summed E-state index contributed by atoms with van der Waals surface area (Å²) in [6.45, 7) is 2.44. The van der Waals surface area contributed by atoms with Crippen molar-refractivity contribution >= 4 is 11.6 Å². The average molecular weight is 262 g/mol. The van der Waals surface area contributed by atoms with Gasteiger partial charge < -0.3 is 15.1 Å². The van der Waals surface area contributed by atoms with E-state index in [0.29, 0.717) is 12.2 Å². The Balaban J connectivity index is 2.10. The van der Waals surface area contributed by atoms with Crippen molar-refractivity contribution in [2.75, 3.05) is 12.8 Å². The number of hydrogen-bond acceptors (Lipinski definition) is 4. The average Bonchev–Trinajstić information content (AvgIpc) is 3.00. The molecule has 0 saturated heterocycles. The third-order valence-electron chi connectivity index (χ3n) is 2.91. The molecular weight excluding hydrogens is 244 g/mol. The van der Waals surface area contributed by atoms with Gasteiger partial charge in [0.2, 0.25) is 0 Å². The molecule has 0 atom stereocenters. The molecule has 1 amide bonds. The Morgan fingerprint density at radius 2 is 2.37 bits per heavy atom. The van der Waals surface area contributed by atoms with E-state index in [1.807, 2.05) is 13.0 Å². The van der Waals surface area contributed by atoms with Crippen molar-refractivity contribution < 1.29 is 9.21 Å². The predicted octanol–water partition coefficient (Wildman–Crippen LogP) is 1.81. The number of H-pyrrole nitrogens is 1. The Morgan fingerprint density at radius 1 is 1.58 bits per heavy atom. The van der Waals surface area contributed by atoms with Crippen LogP contribution in [0.3, 0.4) is 0 Å². The van der Waals surface area contributed by atoms with Crippen LogP contribution in [-0.2, 0) is 13.0 Å². The Morgan fingerprint density at radius 3 is 3.00 bits per heavy atom. The van der Waals surface area contributed by atoms with Gasteiger partial charge in [-0.05, 0) is 18.6 Å². The van der Waals surface area contributed by atoms with Crippen molar-refractivity contribution in [3.63, 3.8) is 0 Å². The second-order valence-corrected chi connectivity index (χ2v) is 4.46. The lowest BCUT2D eigenvalue weighted by Crippen LogP contribution is -2.27. The Bertz CT molecular complexity index is 545. The molecule has 0 bridgehead atoms. The lowest BCUT2D eigenvalue weighted by molar-refractivity contribution is 0.0770. The van der Waals surface area contributed by atoms with E-state index in [4.69, 9.17) is 10.2 Å². The van der Waals surface area contributed by atoms with Gasteiger partial charge in [-0.3, -0.25) is 9.89 Å². The molecule has 3 N–H and O–H groups in total. The summed E-state index contributed by atoms with van der Waals surface area (Å²) in [6.07, 6.45) is 3.31. The molecule has 19 heavy (non-hydrogen) atoms. The highest BCUT2D eigenvalue weighted by atomic mass is 16.3. The number of nitrogens with two attached hydrogens (primary N) is 1. The second kappa shape index (κ2) is 5.60. The molecule has 0 fully saturated rings. The number of anilines is 1. The Kier molecular flexibility index (Phi) is 3.89. The lowest BCUT2D eigenvalue weighted by Gasteiger charge is -2.14. The minimum Gasteiger partial charge on any atom is -0.467 e. The van der Waals surface area contributed by atoms with Crippen molar-refractivity contribution in [1.29, 1.82) is 0 Å². The standard InChI is InChI=1S/C13H18N4O2/c1-3-5-10-11(14)12(16-15-10)13(18)17(2)8-9-6-4-7-19-9/h4,6-7H,3,5,8,14H2,1-2H3,(H,15,16). The first-order valence-corrected chi connectivity index (χ1v) is 6.24. The van der Waals surface area contributed by atoms with Crippen molar-refractivity contribution in [2.45, 2.75) is 26.3 Å². The van der Waals surface area contributed by atoms with Crippen molar-refractivity contribution in [2.24, 2.45) is 0 Å². The summed E-state index contributed by atoms with van der Waals surface area (Å²) in [4.78, 5) is 13.8. The van der Waals surface area contributed by atoms with Crippen molar-refractivity contribution in [3.8, 4) is 0 Å². The number of nitrogens with zero attached hydrogens (tertiary/aromatic N) is 2. The van der Waals surface area contributed by atoms with Crippen LogP contribution in [0.2, 0.25) is 0 Å². The summed E-state index contributed by atoms with van der Waals surface area (Å²) in [5.74, 6) is 0.506. The maximum Gasteiger partial charge on any atom is 0.276 e. The van der Waals surface area contributed by atoms with E-state index in [2.05, 4.69) is 10.2 Å². The molecule has 0 radical (unpaired) electrons. The highest BCUT2D eigenvalue weighted by Crippen LogP contribution is 2.18. The summed E-state index contributed by atoms with van der Waals surface area (Å²) in [5, 5.41) is 6.84. The van der Waals surface area contributed by atoms with Crippen molar-refractivity contribution in [3.05, 3.63) is 35.5 Å². The SMILES string of the molecule is CCCc1[nH]nc(C(=O)N(C)Cc2ccco2)c1N. The number of nitrogen functional groups attached to an aromatic ring is 1. The smallest absolute Gasteiger partial charge is 0.276 e. The molecule has 0 aromatic carbocycles. The van der Waals surface area contributed by atoms with Gasteiger partial charge in [-0.15, -0.1) is 0 Å². The molecule has 2 aromatic rings. The van der Waals surface area contributed by atoms with E-state index in [1.54, 1.807) is 19.4 Å². The quantitative estimate of drug-likeness (QED) is 0.860. The van der Waals surface area contributed by atoms with E-state index in [-0.39, 0.29) is 11.6 Å². The number of furan rings is 1. The number of aryl methyl sites for hydroxylation is 1. The molecule has 2 aromatic heterocycles. The van der Waals surface area contributed by atoms with E-state index >= 15 is 0 Å². The van der Waals surface area contributed by atoms with Crippen molar-refractivity contribution in [1.82, 2.24) is 15.1 Å². The lowest BCUT2D eigenvalue weighted by atomic mass is 10.2. The zero-order valence-electron chi connectivity index (χ0n) is 11.1. The minimum atomic E-state index is -0.215. The maximum atomic E-state index is 12.2. The molecule has 2 rings (SSSR count). The molecule has 0 spiro atoms. The van der Waals surface area contributed by atoms with Crippen LogP contribution in [0.4, 0.5) is 5.69 Å². The van der Waals surface area contributed by atoms with Gasteiger partial charge in [-0.2, -0.15) is 5.10 Å². The summed E-state index contributed by atoms with van der Waals surface area (Å²) in [7, 11) is 1.69. The van der Waals surface area contributed by atoms with E-state index in [9.17, 15) is 4.79 Å². The highest BCUT2D eigenvalue weighted by Gasteiger charge is 2.20. The number of hydrogen-bond donors (Lipinski definition) is 2. The number of aromatic nitrogens is 2. The summed E-state index contributed by atoms with van der Waals surface area (Å²) >= 11 is 0. The van der Waals surface area contributed by atoms with Crippen LogP contribution in [-0.4, -0.2) is 28.1 Å². The summed E-state index contributed by atoms with van der Waals surface area (Å²) in [5.41, 5.74) is 7.47. The van der Waals surface area contributed by atoms with Gasteiger partial charge in [-0.1, -0.05) is 13.3 Å². The fourth-order valence-electron chi connectivity index (χ4n) is 1.88. The van der Waals surface area contributed by atoms with Gasteiger partial charge in [0.25, 0.3) is 5.91 Å². The fourth-order valence-corrected chi connectivity index (χ4v) is 1.88. The second-order valence-electron chi connectivity index (χ2n) is 4.46. The Labute approximate surface area is 111 Å².